The highest BCUT2D eigenvalue weighted by atomic mass is 35.5. The lowest BCUT2D eigenvalue weighted by atomic mass is 9.93. The van der Waals surface area contributed by atoms with Crippen molar-refractivity contribution in [1.29, 1.82) is 0 Å². The van der Waals surface area contributed by atoms with Crippen LogP contribution in [0.2, 0.25) is 0 Å². The van der Waals surface area contributed by atoms with Gasteiger partial charge in [0, 0.05) is 6.54 Å². The van der Waals surface area contributed by atoms with Crippen molar-refractivity contribution in [2.45, 2.75) is 45.6 Å². The standard InChI is InChI=1S/C13H26N2O2.ClH/c1-3-12(13(16)17-4-2)15-9-5-6-11(10-15)7-8-14;/h11-12H,3-10,14H2,1-2H3;1H. The van der Waals surface area contributed by atoms with Crippen LogP contribution in [0.15, 0.2) is 0 Å². The van der Waals surface area contributed by atoms with E-state index in [0.717, 1.165) is 32.5 Å². The number of hydrogen-bond donors (Lipinski definition) is 1. The third-order valence-electron chi connectivity index (χ3n) is 3.51. The third kappa shape index (κ3) is 5.12. The van der Waals surface area contributed by atoms with Crippen molar-refractivity contribution in [3.63, 3.8) is 0 Å². The number of nitrogens with two attached hydrogens (primary N) is 1. The minimum Gasteiger partial charge on any atom is -0.465 e. The molecule has 0 spiro atoms. The Labute approximate surface area is 117 Å². The number of piperidine rings is 1. The first-order chi connectivity index (χ1) is 8.22. The lowest BCUT2D eigenvalue weighted by Crippen LogP contribution is -2.47. The molecule has 4 nitrogen and oxygen atoms in total. The molecule has 0 aromatic heterocycles. The van der Waals surface area contributed by atoms with Gasteiger partial charge < -0.3 is 10.5 Å². The van der Waals surface area contributed by atoms with Gasteiger partial charge in [0.25, 0.3) is 0 Å². The van der Waals surface area contributed by atoms with Crippen LogP contribution < -0.4 is 5.73 Å². The number of rotatable bonds is 6. The molecular formula is C13H27ClN2O2. The second-order valence-corrected chi connectivity index (χ2v) is 4.76. The Morgan fingerprint density at radius 2 is 2.22 bits per heavy atom. The zero-order chi connectivity index (χ0) is 12.7. The molecule has 5 heteroatoms. The van der Waals surface area contributed by atoms with E-state index in [1.165, 1.54) is 12.8 Å². The Bertz CT molecular complexity index is 237. The van der Waals surface area contributed by atoms with Gasteiger partial charge in [-0.05, 0) is 51.6 Å². The van der Waals surface area contributed by atoms with Crippen molar-refractivity contribution in [3.8, 4) is 0 Å². The van der Waals surface area contributed by atoms with E-state index in [0.29, 0.717) is 12.5 Å². The molecule has 2 N–H and O–H groups in total. The maximum Gasteiger partial charge on any atom is 0.323 e. The van der Waals surface area contributed by atoms with Crippen LogP contribution in [0.25, 0.3) is 0 Å². The molecule has 0 aromatic rings. The van der Waals surface area contributed by atoms with Crippen LogP contribution in [0.3, 0.4) is 0 Å². The van der Waals surface area contributed by atoms with Gasteiger partial charge in [0.2, 0.25) is 0 Å². The Morgan fingerprint density at radius 1 is 1.50 bits per heavy atom. The van der Waals surface area contributed by atoms with Crippen molar-refractivity contribution in [2.75, 3.05) is 26.2 Å². The maximum absolute atomic E-state index is 11.8. The summed E-state index contributed by atoms with van der Waals surface area (Å²) in [4.78, 5) is 14.1. The molecule has 0 aromatic carbocycles. The molecule has 108 valence electrons. The summed E-state index contributed by atoms with van der Waals surface area (Å²) in [5.41, 5.74) is 5.61. The number of ether oxygens (including phenoxy) is 1. The topological polar surface area (TPSA) is 55.6 Å². The van der Waals surface area contributed by atoms with E-state index in [1.807, 2.05) is 13.8 Å². The number of likely N-dealkylation sites (tertiary alicyclic amines) is 1. The van der Waals surface area contributed by atoms with E-state index in [4.69, 9.17) is 10.5 Å². The highest BCUT2D eigenvalue weighted by Crippen LogP contribution is 2.22. The van der Waals surface area contributed by atoms with E-state index in [9.17, 15) is 4.79 Å². The second kappa shape index (κ2) is 9.59. The molecule has 0 radical (unpaired) electrons. The van der Waals surface area contributed by atoms with Crippen LogP contribution in [0.4, 0.5) is 0 Å². The molecule has 0 amide bonds. The van der Waals surface area contributed by atoms with Gasteiger partial charge in [-0.25, -0.2) is 0 Å². The van der Waals surface area contributed by atoms with E-state index >= 15 is 0 Å². The predicted molar refractivity (Wildman–Crippen MR) is 75.9 cm³/mol. The molecule has 1 rings (SSSR count). The molecule has 2 unspecified atom stereocenters. The van der Waals surface area contributed by atoms with Crippen LogP contribution in [0.5, 0.6) is 0 Å². The number of carbonyl (C=O) groups excluding carboxylic acids is 1. The first-order valence-electron chi connectivity index (χ1n) is 6.83. The fraction of sp³-hybridized carbons (Fsp3) is 0.923. The van der Waals surface area contributed by atoms with Gasteiger partial charge in [-0.15, -0.1) is 12.4 Å². The number of hydrogen-bond acceptors (Lipinski definition) is 4. The summed E-state index contributed by atoms with van der Waals surface area (Å²) >= 11 is 0. The Morgan fingerprint density at radius 3 is 2.78 bits per heavy atom. The summed E-state index contributed by atoms with van der Waals surface area (Å²) in [5, 5.41) is 0. The Balaban J connectivity index is 0.00000289. The largest absolute Gasteiger partial charge is 0.465 e. The minimum atomic E-state index is -0.0663. The predicted octanol–water partition coefficient (Wildman–Crippen LogP) is 1.81. The van der Waals surface area contributed by atoms with Gasteiger partial charge in [0.05, 0.1) is 6.61 Å². The molecule has 1 heterocycles. The van der Waals surface area contributed by atoms with Gasteiger partial charge in [0.1, 0.15) is 6.04 Å². The fourth-order valence-corrected chi connectivity index (χ4v) is 2.66. The molecule has 0 bridgehead atoms. The van der Waals surface area contributed by atoms with Crippen LogP contribution in [-0.2, 0) is 9.53 Å². The summed E-state index contributed by atoms with van der Waals surface area (Å²) in [6.45, 7) is 7.13. The second-order valence-electron chi connectivity index (χ2n) is 4.76. The van der Waals surface area contributed by atoms with E-state index in [2.05, 4.69) is 4.90 Å². The number of esters is 1. The summed E-state index contributed by atoms with van der Waals surface area (Å²) in [6.07, 6.45) is 4.30. The first kappa shape index (κ1) is 17.7. The van der Waals surface area contributed by atoms with Crippen molar-refractivity contribution in [3.05, 3.63) is 0 Å². The van der Waals surface area contributed by atoms with E-state index in [1.54, 1.807) is 0 Å². The van der Waals surface area contributed by atoms with Gasteiger partial charge in [-0.1, -0.05) is 6.92 Å². The smallest absolute Gasteiger partial charge is 0.323 e. The normalized spacial score (nSPS) is 22.1. The van der Waals surface area contributed by atoms with Gasteiger partial charge >= 0.3 is 5.97 Å². The summed E-state index contributed by atoms with van der Waals surface area (Å²) in [7, 11) is 0. The van der Waals surface area contributed by atoms with Gasteiger partial charge in [-0.3, -0.25) is 9.69 Å². The van der Waals surface area contributed by atoms with Crippen LogP contribution in [0, 0.1) is 5.92 Å². The number of carbonyl (C=O) groups is 1. The monoisotopic (exact) mass is 278 g/mol. The van der Waals surface area contributed by atoms with Gasteiger partial charge in [-0.2, -0.15) is 0 Å². The fourth-order valence-electron chi connectivity index (χ4n) is 2.66. The maximum atomic E-state index is 11.8. The Kier molecular flexibility index (Phi) is 9.42. The highest BCUT2D eigenvalue weighted by Gasteiger charge is 2.29. The zero-order valence-electron chi connectivity index (χ0n) is 11.6. The molecule has 2 atom stereocenters. The molecule has 1 aliphatic rings. The van der Waals surface area contributed by atoms with Crippen molar-refractivity contribution >= 4 is 18.4 Å². The lowest BCUT2D eigenvalue weighted by Gasteiger charge is -2.36. The molecule has 1 aliphatic heterocycles. The average molecular weight is 279 g/mol. The molecule has 1 fully saturated rings. The van der Waals surface area contributed by atoms with Gasteiger partial charge in [0.15, 0.2) is 0 Å². The SMILES string of the molecule is CCOC(=O)C(CC)N1CCCC(CCN)C1.Cl. The molecular weight excluding hydrogens is 252 g/mol. The lowest BCUT2D eigenvalue weighted by molar-refractivity contribution is -0.150. The van der Waals surface area contributed by atoms with Crippen molar-refractivity contribution < 1.29 is 9.53 Å². The van der Waals surface area contributed by atoms with Crippen LogP contribution in [0.1, 0.15) is 39.5 Å². The zero-order valence-corrected chi connectivity index (χ0v) is 12.4. The average Bonchev–Trinajstić information content (AvgIpc) is 2.31. The van der Waals surface area contributed by atoms with Crippen molar-refractivity contribution in [2.24, 2.45) is 11.7 Å². The quantitative estimate of drug-likeness (QED) is 0.753. The van der Waals surface area contributed by atoms with E-state index in [-0.39, 0.29) is 24.4 Å². The molecule has 1 saturated heterocycles. The van der Waals surface area contributed by atoms with Crippen LogP contribution >= 0.6 is 12.4 Å². The van der Waals surface area contributed by atoms with Crippen LogP contribution in [-0.4, -0.2) is 43.2 Å². The minimum absolute atomic E-state index is 0. The third-order valence-corrected chi connectivity index (χ3v) is 3.51. The molecule has 0 saturated carbocycles. The molecule has 0 aliphatic carbocycles. The van der Waals surface area contributed by atoms with Crippen molar-refractivity contribution in [1.82, 2.24) is 4.90 Å². The summed E-state index contributed by atoms with van der Waals surface area (Å²) in [5.74, 6) is 0.584. The first-order valence-corrected chi connectivity index (χ1v) is 6.83. The Hall–Kier alpha value is -0.320. The molecule has 18 heavy (non-hydrogen) atoms. The number of halogens is 1. The summed E-state index contributed by atoms with van der Waals surface area (Å²) in [6, 6.07) is -0.0597. The highest BCUT2D eigenvalue weighted by molar-refractivity contribution is 5.85. The van der Waals surface area contributed by atoms with E-state index < -0.39 is 0 Å². The summed E-state index contributed by atoms with van der Waals surface area (Å²) < 4.78 is 5.14. The number of nitrogens with zero attached hydrogens (tertiary/aromatic N) is 1.